The maximum Gasteiger partial charge on any atom is 0.220 e. The van der Waals surface area contributed by atoms with Crippen molar-refractivity contribution in [2.45, 2.75) is 65.8 Å². The second-order valence-electron chi connectivity index (χ2n) is 6.01. The van der Waals surface area contributed by atoms with Crippen LogP contribution in [0.5, 0.6) is 0 Å². The van der Waals surface area contributed by atoms with Gasteiger partial charge in [-0.15, -0.1) is 0 Å². The Labute approximate surface area is 139 Å². The Kier molecular flexibility index (Phi) is 9.10. The standard InChI is InChI=1S/C18H30N2O3/c1-4-6-7-15(5-2)12-19-17(21)10-11-18(22)20-13-16-9-8-14(3)23-16/h8-9,15H,4-7,10-13H2,1-3H3,(H,19,21)(H,20,22). The highest BCUT2D eigenvalue weighted by Gasteiger charge is 2.10. The number of nitrogens with one attached hydrogen (secondary N) is 2. The fourth-order valence-electron chi connectivity index (χ4n) is 2.37. The number of hydrogen-bond donors (Lipinski definition) is 2. The van der Waals surface area contributed by atoms with E-state index in [4.69, 9.17) is 4.42 Å². The molecule has 1 atom stereocenters. The van der Waals surface area contributed by atoms with Gasteiger partial charge in [0.1, 0.15) is 11.5 Å². The van der Waals surface area contributed by atoms with Crippen molar-refractivity contribution < 1.29 is 14.0 Å². The topological polar surface area (TPSA) is 71.3 Å². The minimum absolute atomic E-state index is 0.0519. The minimum atomic E-state index is -0.132. The van der Waals surface area contributed by atoms with E-state index < -0.39 is 0 Å². The molecular formula is C18H30N2O3. The average molecular weight is 322 g/mol. The van der Waals surface area contributed by atoms with Gasteiger partial charge in [-0.1, -0.05) is 33.1 Å². The molecule has 1 aromatic rings. The maximum atomic E-state index is 11.8. The molecule has 1 aromatic heterocycles. The Morgan fingerprint density at radius 2 is 1.83 bits per heavy atom. The van der Waals surface area contributed by atoms with Gasteiger partial charge in [0, 0.05) is 19.4 Å². The highest BCUT2D eigenvalue weighted by atomic mass is 16.3. The normalized spacial score (nSPS) is 12.0. The zero-order valence-corrected chi connectivity index (χ0v) is 14.6. The van der Waals surface area contributed by atoms with Gasteiger partial charge in [-0.25, -0.2) is 0 Å². The van der Waals surface area contributed by atoms with Crippen LogP contribution in [0.4, 0.5) is 0 Å². The number of carbonyl (C=O) groups is 2. The van der Waals surface area contributed by atoms with Gasteiger partial charge >= 0.3 is 0 Å². The van der Waals surface area contributed by atoms with Gasteiger partial charge < -0.3 is 15.1 Å². The molecule has 23 heavy (non-hydrogen) atoms. The van der Waals surface area contributed by atoms with Crippen LogP contribution in [0.1, 0.15) is 63.9 Å². The number of unbranched alkanes of at least 4 members (excludes halogenated alkanes) is 1. The van der Waals surface area contributed by atoms with Crippen molar-refractivity contribution in [1.29, 1.82) is 0 Å². The highest BCUT2D eigenvalue weighted by Crippen LogP contribution is 2.11. The average Bonchev–Trinajstić information content (AvgIpc) is 2.96. The molecule has 0 saturated heterocycles. The molecule has 2 N–H and O–H groups in total. The van der Waals surface area contributed by atoms with E-state index in [9.17, 15) is 9.59 Å². The van der Waals surface area contributed by atoms with Crippen molar-refractivity contribution in [2.24, 2.45) is 5.92 Å². The first-order valence-corrected chi connectivity index (χ1v) is 8.63. The van der Waals surface area contributed by atoms with E-state index in [1.54, 1.807) is 0 Å². The van der Waals surface area contributed by atoms with Gasteiger partial charge in [0.2, 0.25) is 11.8 Å². The summed E-state index contributed by atoms with van der Waals surface area (Å²) in [7, 11) is 0. The molecule has 0 radical (unpaired) electrons. The van der Waals surface area contributed by atoms with Crippen molar-refractivity contribution in [3.8, 4) is 0 Å². The monoisotopic (exact) mass is 322 g/mol. The van der Waals surface area contributed by atoms with Crippen LogP contribution >= 0.6 is 0 Å². The lowest BCUT2D eigenvalue weighted by Crippen LogP contribution is -2.31. The Hall–Kier alpha value is -1.78. The van der Waals surface area contributed by atoms with E-state index in [2.05, 4.69) is 24.5 Å². The summed E-state index contributed by atoms with van der Waals surface area (Å²) in [6, 6.07) is 3.70. The van der Waals surface area contributed by atoms with E-state index >= 15 is 0 Å². The molecule has 0 aliphatic carbocycles. The molecule has 1 heterocycles. The van der Waals surface area contributed by atoms with Crippen molar-refractivity contribution >= 4 is 11.8 Å². The number of aryl methyl sites for hydroxylation is 1. The number of carbonyl (C=O) groups excluding carboxylic acids is 2. The second kappa shape index (κ2) is 10.9. The van der Waals surface area contributed by atoms with Gasteiger partial charge in [-0.2, -0.15) is 0 Å². The van der Waals surface area contributed by atoms with E-state index in [0.717, 1.165) is 24.4 Å². The SMILES string of the molecule is CCCCC(CC)CNC(=O)CCC(=O)NCc1ccc(C)o1. The van der Waals surface area contributed by atoms with Crippen LogP contribution in [0, 0.1) is 12.8 Å². The Morgan fingerprint density at radius 3 is 2.39 bits per heavy atom. The third-order valence-corrected chi connectivity index (χ3v) is 3.97. The fourth-order valence-corrected chi connectivity index (χ4v) is 2.37. The molecule has 0 aliphatic heterocycles. The smallest absolute Gasteiger partial charge is 0.220 e. The quantitative estimate of drug-likeness (QED) is 0.656. The maximum absolute atomic E-state index is 11.8. The summed E-state index contributed by atoms with van der Waals surface area (Å²) in [6.45, 7) is 7.26. The molecule has 0 spiro atoms. The molecule has 1 rings (SSSR count). The molecule has 0 aliphatic rings. The summed E-state index contributed by atoms with van der Waals surface area (Å²) in [5.74, 6) is 1.90. The molecule has 1 unspecified atom stereocenters. The molecule has 0 fully saturated rings. The molecule has 0 saturated carbocycles. The molecular weight excluding hydrogens is 292 g/mol. The van der Waals surface area contributed by atoms with Gasteiger partial charge in [-0.05, 0) is 31.4 Å². The van der Waals surface area contributed by atoms with Crippen LogP contribution in [0.25, 0.3) is 0 Å². The first-order valence-electron chi connectivity index (χ1n) is 8.63. The molecule has 2 amide bonds. The lowest BCUT2D eigenvalue weighted by Gasteiger charge is -2.15. The van der Waals surface area contributed by atoms with Gasteiger partial charge in [-0.3, -0.25) is 9.59 Å². The number of furan rings is 1. The van der Waals surface area contributed by atoms with Gasteiger partial charge in [0.25, 0.3) is 0 Å². The lowest BCUT2D eigenvalue weighted by atomic mass is 9.99. The van der Waals surface area contributed by atoms with Crippen molar-refractivity contribution in [1.82, 2.24) is 10.6 Å². The summed E-state index contributed by atoms with van der Waals surface area (Å²) >= 11 is 0. The molecule has 0 bridgehead atoms. The van der Waals surface area contributed by atoms with E-state index in [-0.39, 0.29) is 24.7 Å². The van der Waals surface area contributed by atoms with Crippen LogP contribution in [-0.2, 0) is 16.1 Å². The first-order chi connectivity index (χ1) is 11.0. The lowest BCUT2D eigenvalue weighted by molar-refractivity contribution is -0.126. The zero-order valence-electron chi connectivity index (χ0n) is 14.6. The highest BCUT2D eigenvalue weighted by molar-refractivity contribution is 5.83. The predicted octanol–water partition coefficient (Wildman–Crippen LogP) is 3.32. The number of rotatable bonds is 11. The van der Waals surface area contributed by atoms with Crippen LogP contribution in [0.3, 0.4) is 0 Å². The number of hydrogen-bond acceptors (Lipinski definition) is 3. The van der Waals surface area contributed by atoms with Crippen LogP contribution in [0.2, 0.25) is 0 Å². The molecule has 5 heteroatoms. The molecule has 5 nitrogen and oxygen atoms in total. The fraction of sp³-hybridized carbons (Fsp3) is 0.667. The third kappa shape index (κ3) is 8.43. The zero-order chi connectivity index (χ0) is 17.1. The Bertz CT molecular complexity index is 482. The summed E-state index contributed by atoms with van der Waals surface area (Å²) in [5, 5.41) is 5.70. The van der Waals surface area contributed by atoms with Gasteiger partial charge in [0.05, 0.1) is 6.54 Å². The largest absolute Gasteiger partial charge is 0.465 e. The Balaban J connectivity index is 2.15. The van der Waals surface area contributed by atoms with Crippen LogP contribution in [0.15, 0.2) is 16.5 Å². The summed E-state index contributed by atoms with van der Waals surface area (Å²) in [6.07, 6.45) is 5.03. The second-order valence-corrected chi connectivity index (χ2v) is 6.01. The summed E-state index contributed by atoms with van der Waals surface area (Å²) < 4.78 is 5.37. The van der Waals surface area contributed by atoms with Crippen molar-refractivity contribution in [3.05, 3.63) is 23.7 Å². The minimum Gasteiger partial charge on any atom is -0.465 e. The third-order valence-electron chi connectivity index (χ3n) is 3.97. The predicted molar refractivity (Wildman–Crippen MR) is 90.8 cm³/mol. The van der Waals surface area contributed by atoms with Crippen molar-refractivity contribution in [2.75, 3.05) is 6.54 Å². The van der Waals surface area contributed by atoms with E-state index in [0.29, 0.717) is 19.0 Å². The summed E-state index contributed by atoms with van der Waals surface area (Å²) in [4.78, 5) is 23.5. The molecule has 130 valence electrons. The Morgan fingerprint density at radius 1 is 1.13 bits per heavy atom. The van der Waals surface area contributed by atoms with E-state index in [1.165, 1.54) is 12.8 Å². The first kappa shape index (κ1) is 19.3. The van der Waals surface area contributed by atoms with Crippen molar-refractivity contribution in [3.63, 3.8) is 0 Å². The molecule has 0 aromatic carbocycles. The number of amides is 2. The van der Waals surface area contributed by atoms with Gasteiger partial charge in [0.15, 0.2) is 0 Å². The van der Waals surface area contributed by atoms with Crippen LogP contribution < -0.4 is 10.6 Å². The van der Waals surface area contributed by atoms with Crippen LogP contribution in [-0.4, -0.2) is 18.4 Å². The van der Waals surface area contributed by atoms with E-state index in [1.807, 2.05) is 19.1 Å². The summed E-state index contributed by atoms with van der Waals surface area (Å²) in [5.41, 5.74) is 0.